The first-order chi connectivity index (χ1) is 9.43. The normalized spacial score (nSPS) is 25.5. The molecule has 0 spiro atoms. The molecule has 0 bridgehead atoms. The molecule has 1 saturated heterocycles. The lowest BCUT2D eigenvalue weighted by atomic mass is 10.1. The number of hydrogen-bond acceptors (Lipinski definition) is 3. The highest BCUT2D eigenvalue weighted by Crippen LogP contribution is 2.30. The highest BCUT2D eigenvalue weighted by molar-refractivity contribution is 7.86. The predicted octanol–water partition coefficient (Wildman–Crippen LogP) is 1.34. The van der Waals surface area contributed by atoms with Crippen molar-refractivity contribution in [3.8, 4) is 0 Å². The maximum absolute atomic E-state index is 12.1. The van der Waals surface area contributed by atoms with Crippen LogP contribution in [-0.4, -0.2) is 38.1 Å². The fourth-order valence-electron chi connectivity index (χ4n) is 2.44. The molecule has 1 aromatic carbocycles. The van der Waals surface area contributed by atoms with E-state index < -0.39 is 15.7 Å². The van der Waals surface area contributed by atoms with Crippen LogP contribution in [0.5, 0.6) is 0 Å². The molecule has 0 saturated carbocycles. The van der Waals surface area contributed by atoms with Crippen molar-refractivity contribution in [3.63, 3.8) is 0 Å². The summed E-state index contributed by atoms with van der Waals surface area (Å²) in [6.45, 7) is 3.59. The molecule has 6 heteroatoms. The summed E-state index contributed by atoms with van der Waals surface area (Å²) in [7, 11) is -1.21. The summed E-state index contributed by atoms with van der Waals surface area (Å²) in [5, 5.41) is 2.76. The van der Waals surface area contributed by atoms with E-state index in [0.29, 0.717) is 18.0 Å². The van der Waals surface area contributed by atoms with Gasteiger partial charge in [-0.1, -0.05) is 18.2 Å². The average molecular weight is 294 g/mol. The third kappa shape index (κ3) is 2.90. The maximum atomic E-state index is 12.1. The van der Waals surface area contributed by atoms with Crippen LogP contribution in [0.2, 0.25) is 0 Å². The van der Waals surface area contributed by atoms with Crippen molar-refractivity contribution in [2.75, 3.05) is 17.6 Å². The van der Waals surface area contributed by atoms with Crippen LogP contribution in [0.3, 0.4) is 0 Å². The lowest BCUT2D eigenvalue weighted by molar-refractivity contribution is -0.131. The summed E-state index contributed by atoms with van der Waals surface area (Å²) in [5.41, 5.74) is 0.694. The molecule has 1 aliphatic rings. The number of hydrogen-bond donors (Lipinski definition) is 1. The second-order valence-electron chi connectivity index (χ2n) is 4.99. The Bertz CT molecular complexity index is 547. The highest BCUT2D eigenvalue weighted by Gasteiger charge is 2.46. The zero-order chi connectivity index (χ0) is 14.8. The Morgan fingerprint density at radius 2 is 2.00 bits per heavy atom. The van der Waals surface area contributed by atoms with E-state index in [1.807, 2.05) is 18.2 Å². The Kier molecular flexibility index (Phi) is 4.23. The van der Waals surface area contributed by atoms with Gasteiger partial charge in [0.15, 0.2) is 0 Å². The molecule has 1 aliphatic heterocycles. The van der Waals surface area contributed by atoms with Gasteiger partial charge in [0.1, 0.15) is 4.87 Å². The Hall–Kier alpha value is -1.69. The van der Waals surface area contributed by atoms with Gasteiger partial charge >= 0.3 is 0 Å². The minimum atomic E-state index is -1.21. The van der Waals surface area contributed by atoms with Gasteiger partial charge in [0.2, 0.25) is 11.8 Å². The van der Waals surface area contributed by atoms with Crippen molar-refractivity contribution in [2.24, 2.45) is 0 Å². The summed E-state index contributed by atoms with van der Waals surface area (Å²) < 4.78 is 12.1. The van der Waals surface area contributed by atoms with Crippen molar-refractivity contribution in [1.82, 2.24) is 4.90 Å². The van der Waals surface area contributed by atoms with Gasteiger partial charge in [0.05, 0.1) is 6.42 Å². The molecule has 0 aliphatic carbocycles. The molecule has 1 unspecified atom stereocenters. The van der Waals surface area contributed by atoms with E-state index in [9.17, 15) is 13.8 Å². The number of amides is 2. The van der Waals surface area contributed by atoms with Crippen LogP contribution in [0, 0.1) is 0 Å². The monoisotopic (exact) mass is 294 g/mol. The number of benzene rings is 1. The van der Waals surface area contributed by atoms with Gasteiger partial charge in [-0.25, -0.2) is 0 Å². The molecular formula is C14H18N2O3S. The smallest absolute Gasteiger partial charge is 0.227 e. The molecule has 0 aromatic heterocycles. The number of para-hydroxylation sites is 1. The molecule has 20 heavy (non-hydrogen) atoms. The number of carbonyl (C=O) groups is 2. The van der Waals surface area contributed by atoms with E-state index in [4.69, 9.17) is 0 Å². The van der Waals surface area contributed by atoms with Crippen molar-refractivity contribution < 1.29 is 13.8 Å². The second-order valence-corrected chi connectivity index (χ2v) is 6.97. The molecule has 2 rings (SSSR count). The number of carbonyl (C=O) groups excluding carboxylic acids is 2. The first-order valence-corrected chi connectivity index (χ1v) is 7.77. The quantitative estimate of drug-likeness (QED) is 0.915. The van der Waals surface area contributed by atoms with Crippen molar-refractivity contribution in [2.45, 2.75) is 25.1 Å². The molecule has 2 amide bonds. The minimum absolute atomic E-state index is 0.0358. The Morgan fingerprint density at radius 3 is 2.60 bits per heavy atom. The third-order valence-electron chi connectivity index (χ3n) is 3.49. The lowest BCUT2D eigenvalue weighted by Gasteiger charge is -2.32. The summed E-state index contributed by atoms with van der Waals surface area (Å²) in [6.07, 6.45) is 0.0358. The van der Waals surface area contributed by atoms with Gasteiger partial charge in [-0.05, 0) is 19.1 Å². The summed E-state index contributed by atoms with van der Waals surface area (Å²) in [6, 6.07) is 9.09. The molecule has 1 aromatic rings. The van der Waals surface area contributed by atoms with E-state index in [1.54, 1.807) is 19.1 Å². The van der Waals surface area contributed by atoms with Gasteiger partial charge < -0.3 is 10.2 Å². The number of nitrogens with zero attached hydrogens (tertiary/aromatic N) is 1. The van der Waals surface area contributed by atoms with E-state index in [1.165, 1.54) is 11.8 Å². The molecule has 108 valence electrons. The van der Waals surface area contributed by atoms with Crippen LogP contribution < -0.4 is 5.32 Å². The van der Waals surface area contributed by atoms with Crippen LogP contribution in [0.15, 0.2) is 30.3 Å². The second kappa shape index (κ2) is 5.75. The minimum Gasteiger partial charge on any atom is -0.326 e. The van der Waals surface area contributed by atoms with Gasteiger partial charge in [-0.15, -0.1) is 0 Å². The van der Waals surface area contributed by atoms with E-state index in [-0.39, 0.29) is 18.2 Å². The topological polar surface area (TPSA) is 66.5 Å². The zero-order valence-corrected chi connectivity index (χ0v) is 12.4. The zero-order valence-electron chi connectivity index (χ0n) is 11.6. The average Bonchev–Trinajstić information content (AvgIpc) is 2.66. The first-order valence-electron chi connectivity index (χ1n) is 6.45. The Morgan fingerprint density at radius 1 is 1.35 bits per heavy atom. The molecule has 1 heterocycles. The highest BCUT2D eigenvalue weighted by atomic mass is 32.2. The van der Waals surface area contributed by atoms with Crippen molar-refractivity contribution in [3.05, 3.63) is 30.3 Å². The van der Waals surface area contributed by atoms with Crippen LogP contribution in [0.4, 0.5) is 5.69 Å². The summed E-state index contributed by atoms with van der Waals surface area (Å²) in [4.78, 5) is 24.3. The number of anilines is 1. The predicted molar refractivity (Wildman–Crippen MR) is 78.5 cm³/mol. The van der Waals surface area contributed by atoms with Crippen molar-refractivity contribution >= 4 is 28.3 Å². The van der Waals surface area contributed by atoms with E-state index >= 15 is 0 Å². The SMILES string of the molecule is CC(=O)N1CCS(=O)[C@]1(C)CC(=O)Nc1ccccc1. The summed E-state index contributed by atoms with van der Waals surface area (Å²) in [5.74, 6) is 0.0420. The third-order valence-corrected chi connectivity index (χ3v) is 5.39. The molecule has 1 fully saturated rings. The Balaban J connectivity index is 2.09. The first kappa shape index (κ1) is 14.7. The maximum Gasteiger partial charge on any atom is 0.227 e. The van der Waals surface area contributed by atoms with Crippen LogP contribution >= 0.6 is 0 Å². The number of nitrogens with one attached hydrogen (secondary N) is 1. The van der Waals surface area contributed by atoms with E-state index in [0.717, 1.165) is 0 Å². The fraction of sp³-hybridized carbons (Fsp3) is 0.429. The van der Waals surface area contributed by atoms with Crippen molar-refractivity contribution in [1.29, 1.82) is 0 Å². The van der Waals surface area contributed by atoms with E-state index in [2.05, 4.69) is 5.32 Å². The van der Waals surface area contributed by atoms with Gasteiger partial charge in [-0.3, -0.25) is 13.8 Å². The Labute approximate surface area is 120 Å². The lowest BCUT2D eigenvalue weighted by Crippen LogP contribution is -2.48. The fourth-order valence-corrected chi connectivity index (χ4v) is 3.99. The standard InChI is InChI=1S/C14H18N2O3S/c1-11(17)16-8-9-20(19)14(16,2)10-13(18)15-12-6-4-3-5-7-12/h3-7H,8-10H2,1-2H3,(H,15,18)/t14-,20?/m1/s1. The number of rotatable bonds is 3. The molecular weight excluding hydrogens is 276 g/mol. The molecule has 5 nitrogen and oxygen atoms in total. The van der Waals surface area contributed by atoms with Gasteiger partial charge in [0, 0.05) is 35.7 Å². The molecule has 0 radical (unpaired) electrons. The summed E-state index contributed by atoms with van der Waals surface area (Å²) >= 11 is 0. The molecule has 2 atom stereocenters. The van der Waals surface area contributed by atoms with Crippen LogP contribution in [-0.2, 0) is 20.4 Å². The van der Waals surface area contributed by atoms with Crippen LogP contribution in [0.1, 0.15) is 20.3 Å². The largest absolute Gasteiger partial charge is 0.326 e. The van der Waals surface area contributed by atoms with Crippen LogP contribution in [0.25, 0.3) is 0 Å². The van der Waals surface area contributed by atoms with Gasteiger partial charge in [0.25, 0.3) is 0 Å². The molecule has 1 N–H and O–H groups in total. The van der Waals surface area contributed by atoms with Gasteiger partial charge in [-0.2, -0.15) is 0 Å².